The van der Waals surface area contributed by atoms with Crippen molar-refractivity contribution in [3.8, 4) is 11.8 Å². The van der Waals surface area contributed by atoms with Crippen LogP contribution in [0.4, 0.5) is 0 Å². The largest absolute Gasteiger partial charge is 0.384 e. The van der Waals surface area contributed by atoms with Gasteiger partial charge in [-0.15, -0.1) is 0 Å². The number of hydrogen-bond acceptors (Lipinski definition) is 4. The first-order valence-electron chi connectivity index (χ1n) is 4.67. The maximum atomic E-state index is 11.5. The van der Waals surface area contributed by atoms with Gasteiger partial charge in [0.15, 0.2) is 0 Å². The van der Waals surface area contributed by atoms with Crippen LogP contribution in [0.5, 0.6) is 0 Å². The van der Waals surface area contributed by atoms with E-state index in [1.54, 1.807) is 31.2 Å². The maximum Gasteiger partial charge on any atom is 0.284 e. The Labute approximate surface area is 94.1 Å². The Kier molecular flexibility index (Phi) is 4.45. The van der Waals surface area contributed by atoms with E-state index in [4.69, 9.17) is 5.11 Å². The zero-order valence-electron chi connectivity index (χ0n) is 9.19. The van der Waals surface area contributed by atoms with Crippen molar-refractivity contribution in [1.82, 2.24) is 15.4 Å². The maximum absolute atomic E-state index is 11.5. The molecule has 0 saturated carbocycles. The number of hydrazine groups is 1. The molecular weight excluding hydrogens is 206 g/mol. The van der Waals surface area contributed by atoms with Gasteiger partial charge in [-0.2, -0.15) is 0 Å². The van der Waals surface area contributed by atoms with E-state index >= 15 is 0 Å². The van der Waals surface area contributed by atoms with Gasteiger partial charge in [0.25, 0.3) is 5.91 Å². The van der Waals surface area contributed by atoms with Crippen molar-refractivity contribution >= 4 is 5.91 Å². The van der Waals surface area contributed by atoms with Gasteiger partial charge in [0.2, 0.25) is 0 Å². The lowest BCUT2D eigenvalue weighted by Crippen LogP contribution is -2.36. The number of aromatic nitrogens is 1. The van der Waals surface area contributed by atoms with Gasteiger partial charge in [0.1, 0.15) is 12.3 Å². The van der Waals surface area contributed by atoms with Crippen LogP contribution in [-0.2, 0) is 0 Å². The van der Waals surface area contributed by atoms with Gasteiger partial charge in [0, 0.05) is 25.9 Å². The topological polar surface area (TPSA) is 65.5 Å². The van der Waals surface area contributed by atoms with Crippen molar-refractivity contribution in [2.45, 2.75) is 0 Å². The smallest absolute Gasteiger partial charge is 0.284 e. The summed E-state index contributed by atoms with van der Waals surface area (Å²) in [5.74, 6) is 4.93. The van der Waals surface area contributed by atoms with Crippen LogP contribution in [0.2, 0.25) is 0 Å². The Bertz CT molecular complexity index is 415. The Balaban J connectivity index is 2.74. The van der Waals surface area contributed by atoms with Crippen LogP contribution in [0, 0.1) is 11.8 Å². The van der Waals surface area contributed by atoms with Crippen LogP contribution < -0.4 is 5.43 Å². The molecule has 0 unspecified atom stereocenters. The number of amides is 1. The fourth-order valence-corrected chi connectivity index (χ4v) is 1.00. The molecule has 0 fully saturated rings. The molecule has 5 nitrogen and oxygen atoms in total. The molecule has 0 spiro atoms. The third kappa shape index (κ3) is 3.69. The molecule has 0 saturated heterocycles. The molecule has 1 heterocycles. The third-order valence-electron chi connectivity index (χ3n) is 1.63. The highest BCUT2D eigenvalue weighted by atomic mass is 16.2. The summed E-state index contributed by atoms with van der Waals surface area (Å²) in [6.07, 6.45) is 1.49. The standard InChI is InChI=1S/C11H13N3O2/c1-14(2)13-11(16)10-6-5-9(8-12-10)4-3-7-15/h5-6,8,15H,7H2,1-2H3,(H,13,16). The molecule has 84 valence electrons. The molecule has 1 rings (SSSR count). The van der Waals surface area contributed by atoms with E-state index in [-0.39, 0.29) is 12.5 Å². The monoisotopic (exact) mass is 219 g/mol. The SMILES string of the molecule is CN(C)NC(=O)c1ccc(C#CCO)cn1. The Hall–Kier alpha value is -1.90. The predicted molar refractivity (Wildman–Crippen MR) is 59.4 cm³/mol. The zero-order chi connectivity index (χ0) is 12.0. The lowest BCUT2D eigenvalue weighted by Gasteiger charge is -2.10. The number of rotatable bonds is 2. The quantitative estimate of drug-likeness (QED) is 0.526. The molecule has 1 aromatic rings. The van der Waals surface area contributed by atoms with Crippen LogP contribution in [0.3, 0.4) is 0 Å². The van der Waals surface area contributed by atoms with E-state index in [1.165, 1.54) is 6.20 Å². The van der Waals surface area contributed by atoms with Gasteiger partial charge < -0.3 is 5.11 Å². The minimum atomic E-state index is -0.272. The molecule has 0 aliphatic heterocycles. The van der Waals surface area contributed by atoms with E-state index in [2.05, 4.69) is 22.3 Å². The average Bonchev–Trinajstić information content (AvgIpc) is 2.26. The Morgan fingerprint density at radius 1 is 1.56 bits per heavy atom. The predicted octanol–water partition coefficient (Wildman–Crippen LogP) is -0.368. The van der Waals surface area contributed by atoms with Crippen molar-refractivity contribution in [2.75, 3.05) is 20.7 Å². The van der Waals surface area contributed by atoms with E-state index in [0.29, 0.717) is 11.3 Å². The molecule has 5 heteroatoms. The Morgan fingerprint density at radius 3 is 2.81 bits per heavy atom. The van der Waals surface area contributed by atoms with Crippen LogP contribution in [0.1, 0.15) is 16.1 Å². The van der Waals surface area contributed by atoms with Crippen molar-refractivity contribution in [2.24, 2.45) is 0 Å². The molecule has 0 radical (unpaired) electrons. The highest BCUT2D eigenvalue weighted by Gasteiger charge is 2.06. The van der Waals surface area contributed by atoms with Gasteiger partial charge in [-0.05, 0) is 12.1 Å². The molecule has 0 aliphatic carbocycles. The Morgan fingerprint density at radius 2 is 2.31 bits per heavy atom. The van der Waals surface area contributed by atoms with Crippen LogP contribution in [0.25, 0.3) is 0 Å². The summed E-state index contributed by atoms with van der Waals surface area (Å²) in [5.41, 5.74) is 3.56. The number of nitrogens with zero attached hydrogens (tertiary/aromatic N) is 2. The third-order valence-corrected chi connectivity index (χ3v) is 1.63. The first-order valence-corrected chi connectivity index (χ1v) is 4.67. The fraction of sp³-hybridized carbons (Fsp3) is 0.273. The fourth-order valence-electron chi connectivity index (χ4n) is 1.00. The number of nitrogens with one attached hydrogen (secondary N) is 1. The van der Waals surface area contributed by atoms with Crippen LogP contribution in [-0.4, -0.2) is 41.7 Å². The molecule has 2 N–H and O–H groups in total. The molecule has 16 heavy (non-hydrogen) atoms. The summed E-state index contributed by atoms with van der Waals surface area (Å²) in [7, 11) is 3.44. The van der Waals surface area contributed by atoms with Gasteiger partial charge in [0.05, 0.1) is 0 Å². The number of pyridine rings is 1. The summed E-state index contributed by atoms with van der Waals surface area (Å²) in [5, 5.41) is 10.1. The summed E-state index contributed by atoms with van der Waals surface area (Å²) in [6.45, 7) is -0.192. The van der Waals surface area contributed by atoms with Crippen LogP contribution in [0.15, 0.2) is 18.3 Å². The lowest BCUT2D eigenvalue weighted by molar-refractivity contribution is 0.0851. The number of carbonyl (C=O) groups excluding carboxylic acids is 1. The molecule has 1 amide bonds. The second-order valence-electron chi connectivity index (χ2n) is 3.23. The summed E-state index contributed by atoms with van der Waals surface area (Å²) in [6, 6.07) is 3.26. The minimum Gasteiger partial charge on any atom is -0.384 e. The van der Waals surface area contributed by atoms with Crippen molar-refractivity contribution in [3.05, 3.63) is 29.6 Å². The van der Waals surface area contributed by atoms with Crippen molar-refractivity contribution in [3.63, 3.8) is 0 Å². The number of aliphatic hydroxyl groups excluding tert-OH is 1. The highest BCUT2D eigenvalue weighted by molar-refractivity contribution is 5.91. The van der Waals surface area contributed by atoms with E-state index in [0.717, 1.165) is 0 Å². The van der Waals surface area contributed by atoms with Gasteiger partial charge >= 0.3 is 0 Å². The summed E-state index contributed by atoms with van der Waals surface area (Å²) >= 11 is 0. The van der Waals surface area contributed by atoms with Gasteiger partial charge in [-0.3, -0.25) is 10.2 Å². The van der Waals surface area contributed by atoms with Crippen molar-refractivity contribution in [1.29, 1.82) is 0 Å². The number of aliphatic hydroxyl groups is 1. The highest BCUT2D eigenvalue weighted by Crippen LogP contribution is 1.98. The van der Waals surface area contributed by atoms with Crippen molar-refractivity contribution < 1.29 is 9.90 Å². The van der Waals surface area contributed by atoms with Crippen LogP contribution >= 0.6 is 0 Å². The van der Waals surface area contributed by atoms with E-state index in [9.17, 15) is 4.79 Å². The molecule has 0 aliphatic rings. The molecule has 0 bridgehead atoms. The lowest BCUT2D eigenvalue weighted by atomic mass is 10.2. The number of hydrogen-bond donors (Lipinski definition) is 2. The molecule has 0 atom stereocenters. The first-order chi connectivity index (χ1) is 7.63. The normalized spacial score (nSPS) is 9.50. The molecule has 1 aromatic heterocycles. The van der Waals surface area contributed by atoms with Gasteiger partial charge in [-0.25, -0.2) is 9.99 Å². The minimum absolute atomic E-state index is 0.192. The summed E-state index contributed by atoms with van der Waals surface area (Å²) < 4.78 is 0. The van der Waals surface area contributed by atoms with Gasteiger partial charge in [-0.1, -0.05) is 11.8 Å². The van der Waals surface area contributed by atoms with E-state index in [1.807, 2.05) is 0 Å². The number of carbonyl (C=O) groups is 1. The second-order valence-corrected chi connectivity index (χ2v) is 3.23. The van der Waals surface area contributed by atoms with E-state index < -0.39 is 0 Å². The first kappa shape index (κ1) is 12.2. The second kappa shape index (κ2) is 5.85. The molecular formula is C11H13N3O2. The average molecular weight is 219 g/mol. The summed E-state index contributed by atoms with van der Waals surface area (Å²) in [4.78, 5) is 15.5. The molecule has 0 aromatic carbocycles. The zero-order valence-corrected chi connectivity index (χ0v) is 9.19.